The molecule has 0 aromatic carbocycles. The summed E-state index contributed by atoms with van der Waals surface area (Å²) in [6.45, 7) is 4.89. The molecule has 0 aliphatic rings. The molecule has 0 unspecified atom stereocenters. The summed E-state index contributed by atoms with van der Waals surface area (Å²) in [4.78, 5) is 35.5. The molecule has 0 saturated heterocycles. The summed E-state index contributed by atoms with van der Waals surface area (Å²) in [5, 5.41) is 0. The minimum atomic E-state index is -0.805. The second-order valence-electron chi connectivity index (χ2n) is 13.3. The normalized spacial score (nSPS) is 11.1. The molecule has 0 spiro atoms. The van der Waals surface area contributed by atoms with Crippen molar-refractivity contribution in [3.8, 4) is 0 Å². The van der Waals surface area contributed by atoms with Crippen LogP contribution >= 0.6 is 0 Å². The van der Waals surface area contributed by atoms with Crippen LogP contribution in [0.3, 0.4) is 0 Å². The zero-order chi connectivity index (χ0) is 32.9. The van der Waals surface area contributed by atoms with Gasteiger partial charge in [0.15, 0.2) is 0 Å². The summed E-state index contributed by atoms with van der Waals surface area (Å²) >= 11 is 0. The first-order chi connectivity index (χ1) is 22.1. The monoisotopic (exact) mass is 659 g/mol. The second-order valence-corrected chi connectivity index (χ2v) is 13.3. The molecule has 0 heterocycles. The summed E-state index contributed by atoms with van der Waals surface area (Å²) < 4.78 is 9.94. The van der Waals surface area contributed by atoms with Crippen LogP contribution in [0.5, 0.6) is 0 Å². The van der Waals surface area contributed by atoms with E-state index in [4.69, 9.17) is 9.47 Å². The molecule has 0 N–H and O–H groups in total. The molecule has 0 aromatic heterocycles. The van der Waals surface area contributed by atoms with E-state index in [1.807, 2.05) is 0 Å². The van der Waals surface area contributed by atoms with Gasteiger partial charge in [-0.2, -0.15) is 0 Å². The van der Waals surface area contributed by atoms with Crippen molar-refractivity contribution >= 4 is 17.9 Å². The van der Waals surface area contributed by atoms with Crippen LogP contribution in [0.25, 0.3) is 0 Å². The van der Waals surface area contributed by atoms with Crippen LogP contribution in [0.4, 0.5) is 0 Å². The van der Waals surface area contributed by atoms with Gasteiger partial charge in [0, 0.05) is 18.6 Å². The van der Waals surface area contributed by atoms with Crippen molar-refractivity contribution in [1.29, 1.82) is 0 Å². The van der Waals surface area contributed by atoms with Crippen molar-refractivity contribution in [1.82, 2.24) is 0 Å². The molecule has 0 saturated carbocycles. The fourth-order valence-electron chi connectivity index (χ4n) is 5.85. The van der Waals surface area contributed by atoms with Gasteiger partial charge in [-0.05, 0) is 12.8 Å². The first-order valence-corrected chi connectivity index (χ1v) is 19.7. The molecule has 0 aliphatic carbocycles. The minimum Gasteiger partial charge on any atom is -1.00 e. The van der Waals surface area contributed by atoms with Crippen molar-refractivity contribution < 1.29 is 54.8 Å². The van der Waals surface area contributed by atoms with Crippen LogP contribution in [0, 0.1) is 0 Å². The zero-order valence-electron chi connectivity index (χ0n) is 32.0. The molecule has 0 aromatic rings. The Morgan fingerprint density at radius 1 is 0.413 bits per heavy atom. The maximum atomic E-state index is 11.9. The van der Waals surface area contributed by atoms with Gasteiger partial charge in [-0.1, -0.05) is 200 Å². The zero-order valence-corrected chi connectivity index (χ0v) is 33.0. The molecule has 0 bridgehead atoms. The third kappa shape index (κ3) is 39.5. The molecular weight excluding hydrogens is 583 g/mol. The van der Waals surface area contributed by atoms with Gasteiger partial charge in [0.2, 0.25) is 0 Å². The van der Waals surface area contributed by atoms with Gasteiger partial charge >= 0.3 is 47.5 Å². The topological polar surface area (TPSA) is 69.7 Å². The van der Waals surface area contributed by atoms with Gasteiger partial charge in [0.1, 0.15) is 0 Å². The Morgan fingerprint density at radius 2 is 0.696 bits per heavy atom. The number of esters is 3. The second kappa shape index (κ2) is 40.5. The summed E-state index contributed by atoms with van der Waals surface area (Å²) in [5.74, 6) is -1.90. The van der Waals surface area contributed by atoms with E-state index in [2.05, 4.69) is 13.8 Å². The van der Waals surface area contributed by atoms with Crippen LogP contribution in [-0.2, 0) is 23.9 Å². The Labute approximate surface area is 309 Å². The molecule has 0 rings (SSSR count). The number of rotatable bonds is 35. The predicted molar refractivity (Wildman–Crippen MR) is 191 cm³/mol. The summed E-state index contributed by atoms with van der Waals surface area (Å²) in [6.07, 6.45) is 42.0. The Hall–Kier alpha value is -0.650. The Bertz CT molecular complexity index is 700. The van der Waals surface area contributed by atoms with Gasteiger partial charge in [-0.15, -0.1) is 0 Å². The van der Waals surface area contributed by atoms with E-state index in [0.717, 1.165) is 44.3 Å². The molecule has 0 radical (unpaired) electrons. The van der Waals surface area contributed by atoms with E-state index in [9.17, 15) is 14.4 Å². The number of carbonyl (C=O) groups is 3. The number of carbonyl (C=O) groups excluding carboxylic acids is 3. The van der Waals surface area contributed by atoms with Crippen LogP contribution < -0.4 is 29.6 Å². The van der Waals surface area contributed by atoms with Gasteiger partial charge in [0.25, 0.3) is 0 Å². The number of ether oxygens (including phenoxy) is 2. The molecule has 0 atom stereocenters. The fourth-order valence-corrected chi connectivity index (χ4v) is 5.85. The summed E-state index contributed by atoms with van der Waals surface area (Å²) in [5.41, 5.74) is 0. The van der Waals surface area contributed by atoms with Crippen LogP contribution in [0.15, 0.2) is 12.2 Å². The van der Waals surface area contributed by atoms with E-state index < -0.39 is 17.9 Å². The molecule has 6 heteroatoms. The van der Waals surface area contributed by atoms with Crippen LogP contribution in [-0.4, -0.2) is 24.5 Å². The van der Waals surface area contributed by atoms with Crippen molar-refractivity contribution in [2.75, 3.05) is 6.61 Å². The van der Waals surface area contributed by atoms with Crippen LogP contribution in [0.1, 0.15) is 221 Å². The molecule has 5 nitrogen and oxygen atoms in total. The summed E-state index contributed by atoms with van der Waals surface area (Å²) in [6, 6.07) is 0. The van der Waals surface area contributed by atoms with Crippen molar-refractivity contribution in [2.24, 2.45) is 0 Å². The third-order valence-corrected chi connectivity index (χ3v) is 8.80. The van der Waals surface area contributed by atoms with Crippen molar-refractivity contribution in [2.45, 2.75) is 219 Å². The smallest absolute Gasteiger partial charge is 1.00 e. The number of unbranched alkanes of at least 4 members (excludes halogenated alkanes) is 29. The quantitative estimate of drug-likeness (QED) is 0.0223. The van der Waals surface area contributed by atoms with E-state index in [1.165, 1.54) is 167 Å². The van der Waals surface area contributed by atoms with Crippen molar-refractivity contribution in [3.05, 3.63) is 12.2 Å². The average Bonchev–Trinajstić information content (AvgIpc) is 3.03. The van der Waals surface area contributed by atoms with E-state index in [1.54, 1.807) is 0 Å². The van der Waals surface area contributed by atoms with Crippen LogP contribution in [0.2, 0.25) is 0 Å². The molecule has 46 heavy (non-hydrogen) atoms. The molecule has 266 valence electrons. The summed E-state index contributed by atoms with van der Waals surface area (Å²) in [7, 11) is 0. The van der Waals surface area contributed by atoms with Gasteiger partial charge in [-0.25, -0.2) is 9.59 Å². The average molecular weight is 659 g/mol. The molecular formula is C40H75NaO5. The Kier molecular flexibility index (Phi) is 41.8. The maximum Gasteiger partial charge on any atom is 1.00 e. The van der Waals surface area contributed by atoms with Gasteiger partial charge in [0.05, 0.1) is 6.61 Å². The standard InChI is InChI=1S/C40H74O5.Na.H/c1-3-5-7-9-11-13-15-17-19-21-23-25-27-29-31-33-37-44-38(41)35-36-40(43)45-39(42)34-32-30-28-26-24-22-20-18-16-14-12-10-8-6-4-2;;/h35-36H,3-34,37H2,1-2H3;;/q;+1;-1/b36-35+;;. The van der Waals surface area contributed by atoms with Gasteiger partial charge < -0.3 is 10.9 Å². The number of hydrogen-bond donors (Lipinski definition) is 0. The fraction of sp³-hybridized carbons (Fsp3) is 0.875. The Morgan fingerprint density at radius 3 is 1.04 bits per heavy atom. The maximum absolute atomic E-state index is 11.9. The number of hydrogen-bond acceptors (Lipinski definition) is 5. The first-order valence-electron chi connectivity index (χ1n) is 19.7. The SMILES string of the molecule is CCCCCCCCCCCCCCCCCCOC(=O)/C=C/C(=O)OC(=O)CCCCCCCCCCCCCCCCC.[H-].[Na+]. The minimum absolute atomic E-state index is 0. The van der Waals surface area contributed by atoms with E-state index in [-0.39, 0.29) is 37.4 Å². The van der Waals surface area contributed by atoms with Crippen molar-refractivity contribution in [3.63, 3.8) is 0 Å². The van der Waals surface area contributed by atoms with E-state index >= 15 is 0 Å². The third-order valence-electron chi connectivity index (χ3n) is 8.80. The molecule has 0 fully saturated rings. The Balaban J connectivity index is -0.00000968. The molecule has 0 amide bonds. The predicted octanol–water partition coefficient (Wildman–Crippen LogP) is 9.80. The molecule has 0 aliphatic heterocycles. The van der Waals surface area contributed by atoms with Gasteiger partial charge in [-0.3, -0.25) is 4.79 Å². The largest absolute Gasteiger partial charge is 1.00 e. The van der Waals surface area contributed by atoms with E-state index in [0.29, 0.717) is 6.61 Å². The first kappa shape index (κ1) is 47.5.